The second-order valence-electron chi connectivity index (χ2n) is 7.33. The topological polar surface area (TPSA) is 69.7 Å². The minimum absolute atomic E-state index is 0.0198. The maximum Gasteiger partial charge on any atom is 0.243 e. The predicted molar refractivity (Wildman–Crippen MR) is 109 cm³/mol. The molecule has 1 aromatic rings. The molecule has 2 fully saturated rings. The Morgan fingerprint density at radius 1 is 1.19 bits per heavy atom. The SMILES string of the molecule is CCN1CCCC1CNC(=O)C1CCCN(S(=O)(=O)c2ccc(Br)cc2)C1. The van der Waals surface area contributed by atoms with Crippen molar-refractivity contribution in [2.75, 3.05) is 32.7 Å². The minimum atomic E-state index is -3.56. The number of carbonyl (C=O) groups is 1. The average molecular weight is 458 g/mol. The highest BCUT2D eigenvalue weighted by Gasteiger charge is 2.33. The van der Waals surface area contributed by atoms with Crippen LogP contribution in [0.1, 0.15) is 32.6 Å². The van der Waals surface area contributed by atoms with Crippen molar-refractivity contribution in [2.45, 2.75) is 43.5 Å². The van der Waals surface area contributed by atoms with Crippen molar-refractivity contribution in [3.8, 4) is 0 Å². The number of sulfonamides is 1. The summed E-state index contributed by atoms with van der Waals surface area (Å²) in [5.74, 6) is -0.297. The van der Waals surface area contributed by atoms with Gasteiger partial charge < -0.3 is 5.32 Å². The first-order chi connectivity index (χ1) is 12.9. The lowest BCUT2D eigenvalue weighted by molar-refractivity contribution is -0.126. The van der Waals surface area contributed by atoms with Crippen molar-refractivity contribution in [3.05, 3.63) is 28.7 Å². The number of carbonyl (C=O) groups excluding carboxylic acids is 1. The van der Waals surface area contributed by atoms with Crippen LogP contribution >= 0.6 is 15.9 Å². The number of halogens is 1. The molecule has 1 N–H and O–H groups in total. The predicted octanol–water partition coefficient (Wildman–Crippen LogP) is 2.45. The molecule has 0 radical (unpaired) electrons. The van der Waals surface area contributed by atoms with Crippen LogP contribution in [0.15, 0.2) is 33.6 Å². The van der Waals surface area contributed by atoms with E-state index in [2.05, 4.69) is 33.1 Å². The van der Waals surface area contributed by atoms with Gasteiger partial charge in [-0.1, -0.05) is 22.9 Å². The van der Waals surface area contributed by atoms with E-state index in [-0.39, 0.29) is 23.3 Å². The number of benzene rings is 1. The molecule has 2 aliphatic rings. The smallest absolute Gasteiger partial charge is 0.243 e. The van der Waals surface area contributed by atoms with E-state index >= 15 is 0 Å². The number of piperidine rings is 1. The van der Waals surface area contributed by atoms with E-state index in [4.69, 9.17) is 0 Å². The molecule has 0 spiro atoms. The Morgan fingerprint density at radius 3 is 2.59 bits per heavy atom. The van der Waals surface area contributed by atoms with E-state index in [1.54, 1.807) is 24.3 Å². The van der Waals surface area contributed by atoms with Crippen LogP contribution in [-0.2, 0) is 14.8 Å². The summed E-state index contributed by atoms with van der Waals surface area (Å²) in [6, 6.07) is 7.06. The zero-order valence-corrected chi connectivity index (χ0v) is 18.1. The third-order valence-corrected chi connectivity index (χ3v) is 8.03. The van der Waals surface area contributed by atoms with Gasteiger partial charge in [-0.05, 0) is 63.0 Å². The van der Waals surface area contributed by atoms with E-state index in [1.807, 2.05) is 0 Å². The van der Waals surface area contributed by atoms with Crippen LogP contribution in [0.4, 0.5) is 0 Å². The number of nitrogens with one attached hydrogen (secondary N) is 1. The van der Waals surface area contributed by atoms with Crippen LogP contribution in [0.5, 0.6) is 0 Å². The normalized spacial score (nSPS) is 24.8. The molecule has 1 amide bonds. The van der Waals surface area contributed by atoms with E-state index < -0.39 is 10.0 Å². The summed E-state index contributed by atoms with van der Waals surface area (Å²) >= 11 is 3.33. The first-order valence-corrected chi connectivity index (χ1v) is 11.9. The second kappa shape index (κ2) is 9.03. The number of rotatable bonds is 6. The average Bonchev–Trinajstić information content (AvgIpc) is 3.14. The Hall–Kier alpha value is -0.960. The Balaban J connectivity index is 1.60. The van der Waals surface area contributed by atoms with Gasteiger partial charge in [0.15, 0.2) is 0 Å². The van der Waals surface area contributed by atoms with Crippen molar-refractivity contribution < 1.29 is 13.2 Å². The van der Waals surface area contributed by atoms with Crippen LogP contribution in [0, 0.1) is 5.92 Å². The van der Waals surface area contributed by atoms with E-state index in [1.165, 1.54) is 10.7 Å². The molecule has 2 unspecified atom stereocenters. The van der Waals surface area contributed by atoms with Crippen LogP contribution in [0.2, 0.25) is 0 Å². The molecule has 27 heavy (non-hydrogen) atoms. The van der Waals surface area contributed by atoms with Gasteiger partial charge in [0.25, 0.3) is 0 Å². The fourth-order valence-corrected chi connectivity index (χ4v) is 5.82. The fourth-order valence-electron chi connectivity index (χ4n) is 4.04. The lowest BCUT2D eigenvalue weighted by Crippen LogP contribution is -2.47. The van der Waals surface area contributed by atoms with E-state index in [0.717, 1.165) is 30.4 Å². The largest absolute Gasteiger partial charge is 0.354 e. The highest BCUT2D eigenvalue weighted by molar-refractivity contribution is 9.10. The van der Waals surface area contributed by atoms with Gasteiger partial charge in [0.1, 0.15) is 0 Å². The van der Waals surface area contributed by atoms with Crippen LogP contribution in [0.3, 0.4) is 0 Å². The van der Waals surface area contributed by atoms with Crippen LogP contribution in [0.25, 0.3) is 0 Å². The number of amides is 1. The molecule has 150 valence electrons. The van der Waals surface area contributed by atoms with Gasteiger partial charge in [-0.3, -0.25) is 9.69 Å². The maximum absolute atomic E-state index is 12.9. The molecule has 2 atom stereocenters. The summed E-state index contributed by atoms with van der Waals surface area (Å²) in [6.07, 6.45) is 3.73. The van der Waals surface area contributed by atoms with Gasteiger partial charge in [0.05, 0.1) is 10.8 Å². The Bertz CT molecular complexity index is 754. The zero-order valence-electron chi connectivity index (χ0n) is 15.7. The molecular formula is C19H28BrN3O3S. The van der Waals surface area contributed by atoms with Gasteiger partial charge in [-0.25, -0.2) is 8.42 Å². The monoisotopic (exact) mass is 457 g/mol. The molecule has 6 nitrogen and oxygen atoms in total. The summed E-state index contributed by atoms with van der Waals surface area (Å²) in [7, 11) is -3.56. The Morgan fingerprint density at radius 2 is 1.89 bits per heavy atom. The highest BCUT2D eigenvalue weighted by Crippen LogP contribution is 2.25. The third kappa shape index (κ3) is 4.91. The summed E-state index contributed by atoms with van der Waals surface area (Å²) < 4.78 is 28.1. The standard InChI is InChI=1S/C19H28BrN3O3S/c1-2-22-11-4-6-17(22)13-21-19(24)15-5-3-12-23(14-15)27(25,26)18-9-7-16(20)8-10-18/h7-10,15,17H,2-6,11-14H2,1H3,(H,21,24). The lowest BCUT2D eigenvalue weighted by atomic mass is 9.98. The van der Waals surface area contributed by atoms with Gasteiger partial charge in [-0.2, -0.15) is 4.31 Å². The van der Waals surface area contributed by atoms with Crippen LogP contribution < -0.4 is 5.32 Å². The zero-order chi connectivity index (χ0) is 19.4. The molecule has 2 saturated heterocycles. The minimum Gasteiger partial charge on any atom is -0.354 e. The van der Waals surface area contributed by atoms with Crippen molar-refractivity contribution in [1.82, 2.24) is 14.5 Å². The molecule has 0 bridgehead atoms. The summed E-state index contributed by atoms with van der Waals surface area (Å²) in [5, 5.41) is 3.07. The number of likely N-dealkylation sites (tertiary alicyclic amines) is 1. The fraction of sp³-hybridized carbons (Fsp3) is 0.632. The maximum atomic E-state index is 12.9. The Kier molecular flexibility index (Phi) is 6.94. The highest BCUT2D eigenvalue weighted by atomic mass is 79.9. The molecule has 1 aromatic carbocycles. The molecule has 2 heterocycles. The molecule has 0 aromatic heterocycles. The molecule has 2 aliphatic heterocycles. The number of nitrogens with zero attached hydrogens (tertiary/aromatic N) is 2. The van der Waals surface area contributed by atoms with Crippen molar-refractivity contribution >= 4 is 31.9 Å². The van der Waals surface area contributed by atoms with E-state index in [9.17, 15) is 13.2 Å². The Labute approximate surface area is 170 Å². The first kappa shape index (κ1) is 20.8. The summed E-state index contributed by atoms with van der Waals surface area (Å²) in [6.45, 7) is 5.62. The molecule has 3 rings (SSSR count). The van der Waals surface area contributed by atoms with Gasteiger partial charge in [0.2, 0.25) is 15.9 Å². The van der Waals surface area contributed by atoms with Crippen LogP contribution in [-0.4, -0.2) is 62.3 Å². The molecular weight excluding hydrogens is 430 g/mol. The van der Waals surface area contributed by atoms with Gasteiger partial charge in [0, 0.05) is 30.1 Å². The van der Waals surface area contributed by atoms with Gasteiger partial charge in [-0.15, -0.1) is 0 Å². The first-order valence-electron chi connectivity index (χ1n) is 9.69. The quantitative estimate of drug-likeness (QED) is 0.711. The lowest BCUT2D eigenvalue weighted by Gasteiger charge is -2.32. The second-order valence-corrected chi connectivity index (χ2v) is 10.2. The molecule has 8 heteroatoms. The summed E-state index contributed by atoms with van der Waals surface area (Å²) in [4.78, 5) is 15.3. The number of hydrogen-bond acceptors (Lipinski definition) is 4. The number of likely N-dealkylation sites (N-methyl/N-ethyl adjacent to an activating group) is 1. The molecule has 0 aliphatic carbocycles. The number of hydrogen-bond donors (Lipinski definition) is 1. The molecule has 0 saturated carbocycles. The van der Waals surface area contributed by atoms with Gasteiger partial charge >= 0.3 is 0 Å². The summed E-state index contributed by atoms with van der Waals surface area (Å²) in [5.41, 5.74) is 0. The van der Waals surface area contributed by atoms with Crippen molar-refractivity contribution in [1.29, 1.82) is 0 Å². The van der Waals surface area contributed by atoms with E-state index in [0.29, 0.717) is 25.6 Å². The van der Waals surface area contributed by atoms with Crippen molar-refractivity contribution in [2.24, 2.45) is 5.92 Å². The third-order valence-electron chi connectivity index (χ3n) is 5.62. The van der Waals surface area contributed by atoms with Crippen molar-refractivity contribution in [3.63, 3.8) is 0 Å².